The lowest BCUT2D eigenvalue weighted by atomic mass is 9.89. The van der Waals surface area contributed by atoms with Gasteiger partial charge < -0.3 is 9.33 Å². The first kappa shape index (κ1) is 23.9. The van der Waals surface area contributed by atoms with E-state index in [-0.39, 0.29) is 10.6 Å². The maximum atomic E-state index is 9.15. The molecule has 1 aliphatic rings. The molecule has 0 aliphatic heterocycles. The Morgan fingerprint density at radius 1 is 1.10 bits per heavy atom. The zero-order valence-corrected chi connectivity index (χ0v) is 20.4. The van der Waals surface area contributed by atoms with Gasteiger partial charge in [0.2, 0.25) is 0 Å². The zero-order chi connectivity index (χ0) is 22.4. The lowest BCUT2D eigenvalue weighted by Gasteiger charge is -2.37. The third-order valence-electron chi connectivity index (χ3n) is 6.40. The predicted octanol–water partition coefficient (Wildman–Crippen LogP) is 6.45. The van der Waals surface area contributed by atoms with E-state index >= 15 is 0 Å². The molecule has 0 unspecified atom stereocenters. The first-order valence-corrected chi connectivity index (χ1v) is 13.8. The number of likely N-dealkylation sites (N-methyl/N-ethyl adjacent to an activating group) is 1. The van der Waals surface area contributed by atoms with E-state index in [9.17, 15) is 0 Å². The number of hydrogen-bond donors (Lipinski definition) is 0. The fourth-order valence-electron chi connectivity index (χ4n) is 3.40. The molecule has 1 aliphatic carbocycles. The normalized spacial score (nSPS) is 14.5. The molecule has 0 aromatic heterocycles. The molecule has 4 nitrogen and oxygen atoms in total. The second-order valence-electron chi connectivity index (χ2n) is 9.38. The minimum absolute atomic E-state index is 0.226. The van der Waals surface area contributed by atoms with Crippen molar-refractivity contribution in [3.05, 3.63) is 47.1 Å². The summed E-state index contributed by atoms with van der Waals surface area (Å²) in [5, 5.41) is 18.5. The van der Waals surface area contributed by atoms with Gasteiger partial charge in [-0.1, -0.05) is 39.0 Å². The van der Waals surface area contributed by atoms with Gasteiger partial charge >= 0.3 is 0 Å². The average molecular weight is 422 g/mol. The maximum Gasteiger partial charge on any atom is 0.192 e. The number of rotatable bonds is 7. The van der Waals surface area contributed by atoms with Crippen molar-refractivity contribution in [3.63, 3.8) is 0 Å². The van der Waals surface area contributed by atoms with Gasteiger partial charge in [-0.15, -0.1) is 0 Å². The highest BCUT2D eigenvalue weighted by atomic mass is 28.4. The largest absolute Gasteiger partial charge is 0.415 e. The maximum absolute atomic E-state index is 9.15. The van der Waals surface area contributed by atoms with Gasteiger partial charge in [0, 0.05) is 18.8 Å². The molecule has 0 N–H and O–H groups in total. The van der Waals surface area contributed by atoms with Crippen LogP contribution in [-0.4, -0.2) is 28.0 Å². The molecular formula is C25H35N3OSi. The molecule has 160 valence electrons. The van der Waals surface area contributed by atoms with E-state index in [1.54, 1.807) is 0 Å². The van der Waals surface area contributed by atoms with Crippen LogP contribution in [0.5, 0.6) is 0 Å². The molecule has 1 aromatic rings. The standard InChI is InChI=1S/C25H35N3OSi/c1-7-28(15-16-29-30(5,6)25(2,3)4)24-13-11-20(12-14-24)21-9-8-10-22(17-21)23(18-26)19-27/h11-14,17H,7-10,15-16H2,1-6H3. The summed E-state index contributed by atoms with van der Waals surface area (Å²) in [6.07, 6.45) is 4.78. The summed E-state index contributed by atoms with van der Waals surface area (Å²) in [4.78, 5) is 2.35. The van der Waals surface area contributed by atoms with Gasteiger partial charge in [-0.05, 0) is 73.2 Å². The predicted molar refractivity (Wildman–Crippen MR) is 128 cm³/mol. The number of nitrogens with zero attached hydrogens (tertiary/aromatic N) is 3. The highest BCUT2D eigenvalue weighted by Crippen LogP contribution is 2.36. The van der Waals surface area contributed by atoms with Crippen LogP contribution in [0.4, 0.5) is 5.69 Å². The van der Waals surface area contributed by atoms with Gasteiger partial charge in [-0.3, -0.25) is 0 Å². The summed E-state index contributed by atoms with van der Waals surface area (Å²) in [5.41, 5.74) is 4.67. The number of allylic oxidation sites excluding steroid dienone is 4. The topological polar surface area (TPSA) is 60.0 Å². The van der Waals surface area contributed by atoms with Gasteiger partial charge in [-0.2, -0.15) is 10.5 Å². The molecule has 0 atom stereocenters. The van der Waals surface area contributed by atoms with Gasteiger partial charge in [0.05, 0.1) is 6.61 Å². The van der Waals surface area contributed by atoms with E-state index in [0.717, 1.165) is 44.5 Å². The van der Waals surface area contributed by atoms with Crippen molar-refractivity contribution in [1.29, 1.82) is 10.5 Å². The molecule has 0 amide bonds. The van der Waals surface area contributed by atoms with Crippen molar-refractivity contribution in [2.75, 3.05) is 24.6 Å². The molecule has 5 heteroatoms. The molecule has 1 aromatic carbocycles. The summed E-state index contributed by atoms with van der Waals surface area (Å²) in [7, 11) is -1.72. The third-order valence-corrected chi connectivity index (χ3v) is 10.9. The van der Waals surface area contributed by atoms with Crippen LogP contribution in [0, 0.1) is 22.7 Å². The SMILES string of the molecule is CCN(CCO[Si](C)(C)C(C)(C)C)c1ccc(C2=CC(=C(C#N)C#N)CCC2)cc1. The molecule has 0 saturated carbocycles. The monoisotopic (exact) mass is 421 g/mol. The fraction of sp³-hybridized carbons (Fsp3) is 0.520. The lowest BCUT2D eigenvalue weighted by Crippen LogP contribution is -2.42. The number of nitriles is 2. The molecule has 0 saturated heterocycles. The van der Waals surface area contributed by atoms with Crippen LogP contribution in [0.15, 0.2) is 41.5 Å². The molecule has 0 spiro atoms. The van der Waals surface area contributed by atoms with Crippen molar-refractivity contribution >= 4 is 19.6 Å². The van der Waals surface area contributed by atoms with Crippen LogP contribution in [0.1, 0.15) is 52.5 Å². The Bertz CT molecular complexity index is 861. The van der Waals surface area contributed by atoms with Crippen LogP contribution >= 0.6 is 0 Å². The van der Waals surface area contributed by atoms with E-state index in [1.165, 1.54) is 16.8 Å². The molecule has 0 fully saturated rings. The summed E-state index contributed by atoms with van der Waals surface area (Å²) < 4.78 is 6.35. The first-order chi connectivity index (χ1) is 14.1. The molecule has 30 heavy (non-hydrogen) atoms. The molecule has 0 radical (unpaired) electrons. The minimum atomic E-state index is -1.72. The quantitative estimate of drug-likeness (QED) is 0.375. The lowest BCUT2D eigenvalue weighted by molar-refractivity contribution is 0.294. The van der Waals surface area contributed by atoms with Gasteiger partial charge in [0.15, 0.2) is 8.32 Å². The summed E-state index contributed by atoms with van der Waals surface area (Å²) in [6.45, 7) is 16.1. The Morgan fingerprint density at radius 3 is 2.27 bits per heavy atom. The van der Waals surface area contributed by atoms with Gasteiger partial charge in [-0.25, -0.2) is 0 Å². The first-order valence-electron chi connectivity index (χ1n) is 10.9. The summed E-state index contributed by atoms with van der Waals surface area (Å²) >= 11 is 0. The highest BCUT2D eigenvalue weighted by Gasteiger charge is 2.36. The Balaban J connectivity index is 2.10. The minimum Gasteiger partial charge on any atom is -0.415 e. The Labute approximate surface area is 183 Å². The van der Waals surface area contributed by atoms with E-state index in [0.29, 0.717) is 0 Å². The Kier molecular flexibility index (Phi) is 8.07. The van der Waals surface area contributed by atoms with Crippen molar-refractivity contribution in [2.24, 2.45) is 0 Å². The van der Waals surface area contributed by atoms with Crippen LogP contribution in [0.2, 0.25) is 18.1 Å². The second-order valence-corrected chi connectivity index (χ2v) is 14.2. The van der Waals surface area contributed by atoms with E-state index in [1.807, 2.05) is 18.2 Å². The fourth-order valence-corrected chi connectivity index (χ4v) is 4.44. The Morgan fingerprint density at radius 2 is 1.73 bits per heavy atom. The molecule has 0 heterocycles. The molecular weight excluding hydrogens is 386 g/mol. The molecule has 0 bridgehead atoms. The average Bonchev–Trinajstić information content (AvgIpc) is 2.72. The van der Waals surface area contributed by atoms with E-state index in [2.05, 4.69) is 70.0 Å². The highest BCUT2D eigenvalue weighted by molar-refractivity contribution is 6.74. The van der Waals surface area contributed by atoms with Crippen LogP contribution in [-0.2, 0) is 4.43 Å². The van der Waals surface area contributed by atoms with E-state index < -0.39 is 8.32 Å². The van der Waals surface area contributed by atoms with Crippen molar-refractivity contribution in [1.82, 2.24) is 0 Å². The van der Waals surface area contributed by atoms with Crippen LogP contribution in [0.25, 0.3) is 5.57 Å². The van der Waals surface area contributed by atoms with Crippen LogP contribution < -0.4 is 4.90 Å². The second kappa shape index (κ2) is 10.1. The van der Waals surface area contributed by atoms with Crippen LogP contribution in [0.3, 0.4) is 0 Å². The Hall–Kier alpha value is -2.34. The van der Waals surface area contributed by atoms with Crippen molar-refractivity contribution < 1.29 is 4.43 Å². The van der Waals surface area contributed by atoms with Gasteiger partial charge in [0.25, 0.3) is 0 Å². The van der Waals surface area contributed by atoms with Crippen molar-refractivity contribution in [2.45, 2.75) is 65.1 Å². The summed E-state index contributed by atoms with van der Waals surface area (Å²) in [6, 6.07) is 12.7. The third kappa shape index (κ3) is 5.85. The number of anilines is 1. The zero-order valence-electron chi connectivity index (χ0n) is 19.4. The number of benzene rings is 1. The summed E-state index contributed by atoms with van der Waals surface area (Å²) in [5.74, 6) is 0. The van der Waals surface area contributed by atoms with Crippen molar-refractivity contribution in [3.8, 4) is 12.1 Å². The van der Waals surface area contributed by atoms with Gasteiger partial charge in [0.1, 0.15) is 17.7 Å². The number of hydrogen-bond acceptors (Lipinski definition) is 4. The smallest absolute Gasteiger partial charge is 0.192 e. The van der Waals surface area contributed by atoms with E-state index in [4.69, 9.17) is 14.9 Å². The molecule has 2 rings (SSSR count).